The lowest BCUT2D eigenvalue weighted by Crippen LogP contribution is -2.17. The molecule has 1 rings (SSSR count). The molecule has 8 heteroatoms. The molecule has 0 fully saturated rings. The molecule has 0 aromatic carbocycles. The van der Waals surface area contributed by atoms with E-state index >= 15 is 0 Å². The van der Waals surface area contributed by atoms with Crippen molar-refractivity contribution in [2.24, 2.45) is 5.73 Å². The van der Waals surface area contributed by atoms with Gasteiger partial charge in [0.05, 0.1) is 5.56 Å². The minimum Gasteiger partial charge on any atom is -0.370 e. The first-order chi connectivity index (χ1) is 8.82. The summed E-state index contributed by atoms with van der Waals surface area (Å²) in [5.41, 5.74) is 4.14. The van der Waals surface area contributed by atoms with Crippen LogP contribution in [0.15, 0.2) is 12.1 Å². The van der Waals surface area contributed by atoms with E-state index in [2.05, 4.69) is 15.6 Å². The van der Waals surface area contributed by atoms with Gasteiger partial charge in [-0.2, -0.15) is 13.2 Å². The molecule has 0 spiro atoms. The number of anilines is 2. The second kappa shape index (κ2) is 6.26. The van der Waals surface area contributed by atoms with Crippen LogP contribution in [0.2, 0.25) is 0 Å². The number of alkyl halides is 3. The smallest absolute Gasteiger partial charge is 0.370 e. The standard InChI is InChI=1S/C11H15F3N4O/c1-2-16-9-5-7(11(12,13)14)6-10(18-9)17-4-3-8(15)19/h5-6H,2-4H2,1H3,(H2,15,19)(H2,16,17,18). The van der Waals surface area contributed by atoms with Crippen LogP contribution in [0.4, 0.5) is 24.8 Å². The molecule has 1 aromatic rings. The number of pyridine rings is 1. The fourth-order valence-corrected chi connectivity index (χ4v) is 1.37. The fourth-order valence-electron chi connectivity index (χ4n) is 1.37. The first kappa shape index (κ1) is 15.1. The van der Waals surface area contributed by atoms with Crippen LogP contribution in [-0.4, -0.2) is 24.0 Å². The Kier molecular flexibility index (Phi) is 4.96. The first-order valence-corrected chi connectivity index (χ1v) is 5.68. The molecule has 1 amide bonds. The number of aromatic nitrogens is 1. The molecule has 1 aromatic heterocycles. The molecule has 0 saturated carbocycles. The van der Waals surface area contributed by atoms with Crippen molar-refractivity contribution in [2.75, 3.05) is 23.7 Å². The van der Waals surface area contributed by atoms with Crippen molar-refractivity contribution in [2.45, 2.75) is 19.5 Å². The average Bonchev–Trinajstić information content (AvgIpc) is 2.27. The highest BCUT2D eigenvalue weighted by Crippen LogP contribution is 2.31. The molecule has 106 valence electrons. The van der Waals surface area contributed by atoms with Crippen LogP contribution in [0.25, 0.3) is 0 Å². The van der Waals surface area contributed by atoms with Gasteiger partial charge in [-0.05, 0) is 19.1 Å². The summed E-state index contributed by atoms with van der Waals surface area (Å²) in [5, 5.41) is 5.35. The highest BCUT2D eigenvalue weighted by Gasteiger charge is 2.31. The van der Waals surface area contributed by atoms with Crippen molar-refractivity contribution in [1.29, 1.82) is 0 Å². The van der Waals surface area contributed by atoms with Crippen molar-refractivity contribution >= 4 is 17.5 Å². The Balaban J connectivity index is 2.90. The van der Waals surface area contributed by atoms with Gasteiger partial charge in [0.2, 0.25) is 5.91 Å². The molecule has 0 radical (unpaired) electrons. The van der Waals surface area contributed by atoms with Gasteiger partial charge in [0.1, 0.15) is 11.6 Å². The molecular formula is C11H15F3N4O. The Morgan fingerprint density at radius 1 is 1.32 bits per heavy atom. The van der Waals surface area contributed by atoms with Crippen molar-refractivity contribution < 1.29 is 18.0 Å². The molecule has 0 atom stereocenters. The molecule has 19 heavy (non-hydrogen) atoms. The highest BCUT2D eigenvalue weighted by molar-refractivity contribution is 5.74. The Bertz CT molecular complexity index is 448. The highest BCUT2D eigenvalue weighted by atomic mass is 19.4. The molecule has 0 aliphatic rings. The maximum absolute atomic E-state index is 12.7. The second-order valence-electron chi connectivity index (χ2n) is 3.80. The molecule has 0 aliphatic heterocycles. The molecular weight excluding hydrogens is 261 g/mol. The Hall–Kier alpha value is -1.99. The van der Waals surface area contributed by atoms with Gasteiger partial charge >= 0.3 is 6.18 Å². The van der Waals surface area contributed by atoms with E-state index in [1.54, 1.807) is 6.92 Å². The van der Waals surface area contributed by atoms with Crippen LogP contribution in [0.5, 0.6) is 0 Å². The number of nitrogens with zero attached hydrogens (tertiary/aromatic N) is 1. The van der Waals surface area contributed by atoms with Crippen LogP contribution in [-0.2, 0) is 11.0 Å². The number of nitrogens with one attached hydrogen (secondary N) is 2. The molecule has 0 saturated heterocycles. The first-order valence-electron chi connectivity index (χ1n) is 5.68. The largest absolute Gasteiger partial charge is 0.416 e. The number of amides is 1. The zero-order valence-corrected chi connectivity index (χ0v) is 10.3. The maximum Gasteiger partial charge on any atom is 0.416 e. The normalized spacial score (nSPS) is 11.2. The number of halogens is 3. The van der Waals surface area contributed by atoms with Crippen LogP contribution in [0.3, 0.4) is 0 Å². The van der Waals surface area contributed by atoms with Gasteiger partial charge < -0.3 is 16.4 Å². The Morgan fingerprint density at radius 3 is 2.37 bits per heavy atom. The third-order valence-electron chi connectivity index (χ3n) is 2.19. The van der Waals surface area contributed by atoms with Crippen LogP contribution in [0.1, 0.15) is 18.9 Å². The minimum atomic E-state index is -4.45. The molecule has 0 aliphatic carbocycles. The van der Waals surface area contributed by atoms with Crippen LogP contribution >= 0.6 is 0 Å². The van der Waals surface area contributed by atoms with E-state index in [0.717, 1.165) is 12.1 Å². The number of carbonyl (C=O) groups is 1. The van der Waals surface area contributed by atoms with Gasteiger partial charge in [-0.1, -0.05) is 0 Å². The van der Waals surface area contributed by atoms with E-state index in [1.165, 1.54) is 0 Å². The molecule has 4 N–H and O–H groups in total. The summed E-state index contributed by atoms with van der Waals surface area (Å²) in [6.07, 6.45) is -4.43. The van der Waals surface area contributed by atoms with E-state index in [1.807, 2.05) is 0 Å². The van der Waals surface area contributed by atoms with Gasteiger partial charge in [-0.25, -0.2) is 4.98 Å². The third kappa shape index (κ3) is 5.02. The monoisotopic (exact) mass is 276 g/mol. The topological polar surface area (TPSA) is 80.0 Å². The van der Waals surface area contributed by atoms with Gasteiger partial charge in [-0.15, -0.1) is 0 Å². The predicted octanol–water partition coefficient (Wildman–Crippen LogP) is 1.82. The van der Waals surface area contributed by atoms with Crippen molar-refractivity contribution in [1.82, 2.24) is 4.98 Å². The molecule has 1 heterocycles. The van der Waals surface area contributed by atoms with Crippen LogP contribution < -0.4 is 16.4 Å². The van der Waals surface area contributed by atoms with Crippen molar-refractivity contribution in [3.8, 4) is 0 Å². The number of hydrogen-bond acceptors (Lipinski definition) is 4. The average molecular weight is 276 g/mol. The number of primary amides is 1. The number of carbonyl (C=O) groups excluding carboxylic acids is 1. The van der Waals surface area contributed by atoms with Crippen molar-refractivity contribution in [3.63, 3.8) is 0 Å². The lowest BCUT2D eigenvalue weighted by molar-refractivity contribution is -0.137. The molecule has 5 nitrogen and oxygen atoms in total. The van der Waals surface area contributed by atoms with Gasteiger partial charge in [0.25, 0.3) is 0 Å². The number of rotatable bonds is 6. The summed E-state index contributed by atoms with van der Waals surface area (Å²) in [6.45, 7) is 2.34. The van der Waals surface area contributed by atoms with E-state index in [-0.39, 0.29) is 24.6 Å². The zero-order chi connectivity index (χ0) is 14.5. The summed E-state index contributed by atoms with van der Waals surface area (Å²) in [5.74, 6) is -0.364. The van der Waals surface area contributed by atoms with Gasteiger partial charge in [-0.3, -0.25) is 4.79 Å². The summed E-state index contributed by atoms with van der Waals surface area (Å²) < 4.78 is 38.0. The summed E-state index contributed by atoms with van der Waals surface area (Å²) in [6, 6.07) is 1.82. The lowest BCUT2D eigenvalue weighted by atomic mass is 10.2. The summed E-state index contributed by atoms with van der Waals surface area (Å²) in [4.78, 5) is 14.5. The summed E-state index contributed by atoms with van der Waals surface area (Å²) in [7, 11) is 0. The molecule has 0 unspecified atom stereocenters. The fraction of sp³-hybridized carbons (Fsp3) is 0.455. The number of hydrogen-bond donors (Lipinski definition) is 3. The van der Waals surface area contributed by atoms with Crippen LogP contribution in [0, 0.1) is 0 Å². The Morgan fingerprint density at radius 2 is 1.89 bits per heavy atom. The van der Waals surface area contributed by atoms with Gasteiger partial charge in [0, 0.05) is 19.5 Å². The third-order valence-corrected chi connectivity index (χ3v) is 2.19. The van der Waals surface area contributed by atoms with E-state index < -0.39 is 17.6 Å². The lowest BCUT2D eigenvalue weighted by Gasteiger charge is -2.12. The SMILES string of the molecule is CCNc1cc(C(F)(F)F)cc(NCCC(N)=O)n1. The van der Waals surface area contributed by atoms with Crippen molar-refractivity contribution in [3.05, 3.63) is 17.7 Å². The predicted molar refractivity (Wildman–Crippen MR) is 65.7 cm³/mol. The van der Waals surface area contributed by atoms with E-state index in [0.29, 0.717) is 6.54 Å². The van der Waals surface area contributed by atoms with E-state index in [4.69, 9.17) is 5.73 Å². The number of nitrogens with two attached hydrogens (primary N) is 1. The minimum absolute atomic E-state index is 0.0223. The quantitative estimate of drug-likeness (QED) is 0.740. The zero-order valence-electron chi connectivity index (χ0n) is 10.3. The van der Waals surface area contributed by atoms with E-state index in [9.17, 15) is 18.0 Å². The Labute approximate surface area is 108 Å². The molecule has 0 bridgehead atoms. The second-order valence-corrected chi connectivity index (χ2v) is 3.80. The van der Waals surface area contributed by atoms with Gasteiger partial charge in [0.15, 0.2) is 0 Å². The summed E-state index contributed by atoms with van der Waals surface area (Å²) >= 11 is 0. The maximum atomic E-state index is 12.7.